The van der Waals surface area contributed by atoms with Crippen molar-refractivity contribution in [3.05, 3.63) is 0 Å². The molecule has 2 fully saturated rings. The first-order valence-corrected chi connectivity index (χ1v) is 7.43. The van der Waals surface area contributed by atoms with Crippen LogP contribution in [0.2, 0.25) is 0 Å². The predicted octanol–water partition coefficient (Wildman–Crippen LogP) is 2.98. The third-order valence-corrected chi connectivity index (χ3v) is 4.74. The van der Waals surface area contributed by atoms with Crippen molar-refractivity contribution in [2.24, 2.45) is 5.41 Å². The van der Waals surface area contributed by atoms with E-state index >= 15 is 0 Å². The molecule has 100 valence electrons. The summed E-state index contributed by atoms with van der Waals surface area (Å²) in [5.41, 5.74) is 0.444. The van der Waals surface area contributed by atoms with Crippen LogP contribution in [0.1, 0.15) is 47.0 Å². The average molecular weight is 257 g/mol. The van der Waals surface area contributed by atoms with Crippen LogP contribution in [0, 0.1) is 5.41 Å². The zero-order valence-corrected chi connectivity index (χ0v) is 12.6. The Morgan fingerprint density at radius 1 is 1.06 bits per heavy atom. The van der Waals surface area contributed by atoms with Crippen LogP contribution in [-0.4, -0.2) is 41.5 Å². The summed E-state index contributed by atoms with van der Waals surface area (Å²) in [7, 11) is 0. The fourth-order valence-corrected chi connectivity index (χ4v) is 3.99. The SMILES string of the molecule is CC1(C)CN(CC2(CS)CCC2)CC(C)(C)O1. The highest BCUT2D eigenvalue weighted by Crippen LogP contribution is 2.43. The summed E-state index contributed by atoms with van der Waals surface area (Å²) in [4.78, 5) is 2.60. The van der Waals surface area contributed by atoms with Gasteiger partial charge in [-0.15, -0.1) is 0 Å². The minimum Gasteiger partial charge on any atom is -0.367 e. The molecule has 1 aliphatic carbocycles. The van der Waals surface area contributed by atoms with E-state index in [1.807, 2.05) is 0 Å². The molecule has 1 aliphatic heterocycles. The van der Waals surface area contributed by atoms with Gasteiger partial charge in [-0.05, 0) is 51.7 Å². The maximum Gasteiger partial charge on any atom is 0.0760 e. The van der Waals surface area contributed by atoms with E-state index in [2.05, 4.69) is 45.2 Å². The molecule has 0 aromatic carbocycles. The second-order valence-electron chi connectivity index (χ2n) is 7.28. The molecule has 0 unspecified atom stereocenters. The van der Waals surface area contributed by atoms with Crippen molar-refractivity contribution in [1.82, 2.24) is 4.90 Å². The van der Waals surface area contributed by atoms with Crippen molar-refractivity contribution in [3.63, 3.8) is 0 Å². The lowest BCUT2D eigenvalue weighted by molar-refractivity contribution is -0.186. The van der Waals surface area contributed by atoms with Crippen LogP contribution in [-0.2, 0) is 4.74 Å². The minimum atomic E-state index is -0.0245. The molecule has 0 radical (unpaired) electrons. The van der Waals surface area contributed by atoms with Gasteiger partial charge in [0.25, 0.3) is 0 Å². The van der Waals surface area contributed by atoms with Crippen molar-refractivity contribution in [1.29, 1.82) is 0 Å². The summed E-state index contributed by atoms with van der Waals surface area (Å²) in [5, 5.41) is 0. The Kier molecular flexibility index (Phi) is 3.57. The molecule has 2 rings (SSSR count). The van der Waals surface area contributed by atoms with Crippen molar-refractivity contribution < 1.29 is 4.74 Å². The highest BCUT2D eigenvalue weighted by molar-refractivity contribution is 7.80. The first-order valence-electron chi connectivity index (χ1n) is 6.79. The first kappa shape index (κ1) is 13.7. The van der Waals surface area contributed by atoms with Crippen LogP contribution in [0.3, 0.4) is 0 Å². The van der Waals surface area contributed by atoms with Crippen molar-refractivity contribution in [2.45, 2.75) is 58.2 Å². The van der Waals surface area contributed by atoms with E-state index < -0.39 is 0 Å². The van der Waals surface area contributed by atoms with E-state index in [1.54, 1.807) is 0 Å². The van der Waals surface area contributed by atoms with E-state index in [9.17, 15) is 0 Å². The lowest BCUT2D eigenvalue weighted by Crippen LogP contribution is -2.59. The molecule has 0 aromatic rings. The van der Waals surface area contributed by atoms with Gasteiger partial charge in [-0.2, -0.15) is 12.6 Å². The maximum atomic E-state index is 6.13. The van der Waals surface area contributed by atoms with Gasteiger partial charge in [-0.3, -0.25) is 4.90 Å². The fourth-order valence-electron chi connectivity index (χ4n) is 3.57. The smallest absolute Gasteiger partial charge is 0.0760 e. The summed E-state index contributed by atoms with van der Waals surface area (Å²) < 4.78 is 6.13. The van der Waals surface area contributed by atoms with Gasteiger partial charge in [0.2, 0.25) is 0 Å². The molecule has 3 heteroatoms. The van der Waals surface area contributed by atoms with Gasteiger partial charge in [0.15, 0.2) is 0 Å². The lowest BCUT2D eigenvalue weighted by Gasteiger charge is -2.51. The van der Waals surface area contributed by atoms with Crippen LogP contribution in [0.4, 0.5) is 0 Å². The normalized spacial score (nSPS) is 30.9. The van der Waals surface area contributed by atoms with E-state index in [0.717, 1.165) is 18.8 Å². The largest absolute Gasteiger partial charge is 0.367 e. The Morgan fingerprint density at radius 3 is 1.94 bits per heavy atom. The van der Waals surface area contributed by atoms with Crippen LogP contribution in [0.15, 0.2) is 0 Å². The number of hydrogen-bond acceptors (Lipinski definition) is 3. The molecule has 0 spiro atoms. The molecule has 17 heavy (non-hydrogen) atoms. The van der Waals surface area contributed by atoms with Crippen molar-refractivity contribution in [2.75, 3.05) is 25.4 Å². The molecule has 1 saturated heterocycles. The Bertz CT molecular complexity index is 262. The molecule has 1 heterocycles. The first-order chi connectivity index (χ1) is 7.76. The predicted molar refractivity (Wildman–Crippen MR) is 75.8 cm³/mol. The third kappa shape index (κ3) is 3.18. The van der Waals surface area contributed by atoms with E-state index in [0.29, 0.717) is 5.41 Å². The van der Waals surface area contributed by atoms with Crippen molar-refractivity contribution >= 4 is 12.6 Å². The Balaban J connectivity index is 2.01. The number of ether oxygens (including phenoxy) is 1. The Labute approximate surface area is 112 Å². The van der Waals surface area contributed by atoms with E-state index in [-0.39, 0.29) is 11.2 Å². The Morgan fingerprint density at radius 2 is 1.59 bits per heavy atom. The van der Waals surface area contributed by atoms with Crippen LogP contribution < -0.4 is 0 Å². The molecule has 0 N–H and O–H groups in total. The van der Waals surface area contributed by atoms with E-state index in [1.165, 1.54) is 25.8 Å². The van der Waals surface area contributed by atoms with Gasteiger partial charge in [-0.25, -0.2) is 0 Å². The second-order valence-corrected chi connectivity index (χ2v) is 7.59. The van der Waals surface area contributed by atoms with Crippen LogP contribution in [0.5, 0.6) is 0 Å². The van der Waals surface area contributed by atoms with Gasteiger partial charge >= 0.3 is 0 Å². The average Bonchev–Trinajstić information content (AvgIpc) is 2.06. The molecular weight excluding hydrogens is 230 g/mol. The fraction of sp³-hybridized carbons (Fsp3) is 1.00. The summed E-state index contributed by atoms with van der Waals surface area (Å²) in [6.07, 6.45) is 4.10. The molecule has 1 saturated carbocycles. The number of nitrogens with zero attached hydrogens (tertiary/aromatic N) is 1. The molecule has 2 aliphatic rings. The Hall–Kier alpha value is 0.270. The third-order valence-electron chi connectivity index (χ3n) is 4.07. The number of rotatable bonds is 3. The minimum absolute atomic E-state index is 0.0245. The second kappa shape index (κ2) is 4.43. The quantitative estimate of drug-likeness (QED) is 0.780. The molecular formula is C14H27NOS. The van der Waals surface area contributed by atoms with Gasteiger partial charge in [0.1, 0.15) is 0 Å². The summed E-state index contributed by atoms with van der Waals surface area (Å²) in [6.45, 7) is 12.1. The van der Waals surface area contributed by atoms with E-state index in [4.69, 9.17) is 4.74 Å². The van der Waals surface area contributed by atoms with Gasteiger partial charge in [0.05, 0.1) is 11.2 Å². The molecule has 0 atom stereocenters. The molecule has 2 nitrogen and oxygen atoms in total. The highest BCUT2D eigenvalue weighted by Gasteiger charge is 2.43. The molecule has 0 bridgehead atoms. The monoisotopic (exact) mass is 257 g/mol. The van der Waals surface area contributed by atoms with Crippen molar-refractivity contribution in [3.8, 4) is 0 Å². The van der Waals surface area contributed by atoms with Gasteiger partial charge in [0, 0.05) is 19.6 Å². The summed E-state index contributed by atoms with van der Waals surface area (Å²) in [5.74, 6) is 1.03. The summed E-state index contributed by atoms with van der Waals surface area (Å²) >= 11 is 4.56. The number of thiol groups is 1. The topological polar surface area (TPSA) is 12.5 Å². The van der Waals surface area contributed by atoms with Crippen LogP contribution in [0.25, 0.3) is 0 Å². The van der Waals surface area contributed by atoms with Gasteiger partial charge in [-0.1, -0.05) is 6.42 Å². The van der Waals surface area contributed by atoms with Gasteiger partial charge < -0.3 is 4.74 Å². The molecule has 0 aromatic heterocycles. The molecule has 0 amide bonds. The number of hydrogen-bond donors (Lipinski definition) is 1. The standard InChI is InChI=1S/C14H27NOS/c1-12(2)8-15(9-13(3,4)16-12)10-14(11-17)6-5-7-14/h17H,5-11H2,1-4H3. The zero-order valence-electron chi connectivity index (χ0n) is 11.8. The lowest BCUT2D eigenvalue weighted by atomic mass is 9.69. The highest BCUT2D eigenvalue weighted by atomic mass is 32.1. The summed E-state index contributed by atoms with van der Waals surface area (Å²) in [6, 6.07) is 0. The van der Waals surface area contributed by atoms with Crippen LogP contribution >= 0.6 is 12.6 Å². The zero-order chi connectivity index (χ0) is 12.7. The maximum absolute atomic E-state index is 6.13. The number of morpholine rings is 1.